The third-order valence-electron chi connectivity index (χ3n) is 4.08. The Balaban J connectivity index is 1.88. The monoisotopic (exact) mass is 319 g/mol. The van der Waals surface area contributed by atoms with Crippen LogP contribution in [-0.2, 0) is 14.3 Å². The van der Waals surface area contributed by atoms with Crippen LogP contribution in [0.25, 0.3) is 0 Å². The summed E-state index contributed by atoms with van der Waals surface area (Å²) in [6, 6.07) is 5.87. The third kappa shape index (κ3) is 4.71. The van der Waals surface area contributed by atoms with E-state index in [1.165, 1.54) is 0 Å². The summed E-state index contributed by atoms with van der Waals surface area (Å²) in [6.45, 7) is 7.24. The fourth-order valence-corrected chi connectivity index (χ4v) is 2.85. The first-order chi connectivity index (χ1) is 11.0. The Labute approximate surface area is 137 Å². The zero-order chi connectivity index (χ0) is 16.8. The van der Waals surface area contributed by atoms with Gasteiger partial charge in [0.1, 0.15) is 5.75 Å². The third-order valence-corrected chi connectivity index (χ3v) is 4.08. The predicted molar refractivity (Wildman–Crippen MR) is 87.3 cm³/mol. The lowest BCUT2D eigenvalue weighted by molar-refractivity contribution is -0.151. The molecule has 0 radical (unpaired) electrons. The fourth-order valence-electron chi connectivity index (χ4n) is 2.85. The molecule has 0 unspecified atom stereocenters. The standard InChI is InChI=1S/C18H25NO4/c1-4-22-18(21)15-6-5-9-19(11-15)17(20)12-23-16-8-7-13(2)10-14(16)3/h7-8,10,15H,4-6,9,11-12H2,1-3H3/t15-/m0/s1. The van der Waals surface area contributed by atoms with Gasteiger partial charge in [0.05, 0.1) is 12.5 Å². The van der Waals surface area contributed by atoms with Gasteiger partial charge >= 0.3 is 5.97 Å². The molecular weight excluding hydrogens is 294 g/mol. The van der Waals surface area contributed by atoms with Crippen molar-refractivity contribution in [1.29, 1.82) is 0 Å². The molecule has 23 heavy (non-hydrogen) atoms. The lowest BCUT2D eigenvalue weighted by Gasteiger charge is -2.31. The van der Waals surface area contributed by atoms with Gasteiger partial charge in [0.15, 0.2) is 6.61 Å². The Morgan fingerprint density at radius 1 is 1.30 bits per heavy atom. The number of ether oxygens (including phenoxy) is 2. The van der Waals surface area contributed by atoms with Crippen LogP contribution in [-0.4, -0.2) is 43.1 Å². The van der Waals surface area contributed by atoms with Gasteiger partial charge in [0, 0.05) is 13.1 Å². The van der Waals surface area contributed by atoms with Crippen molar-refractivity contribution in [2.24, 2.45) is 5.92 Å². The Hall–Kier alpha value is -2.04. The van der Waals surface area contributed by atoms with Gasteiger partial charge in [-0.15, -0.1) is 0 Å². The molecule has 1 saturated heterocycles. The molecule has 1 amide bonds. The van der Waals surface area contributed by atoms with Gasteiger partial charge in [-0.2, -0.15) is 0 Å². The molecule has 0 aromatic heterocycles. The van der Waals surface area contributed by atoms with E-state index in [0.29, 0.717) is 19.7 Å². The lowest BCUT2D eigenvalue weighted by Crippen LogP contribution is -2.44. The summed E-state index contributed by atoms with van der Waals surface area (Å²) >= 11 is 0. The van der Waals surface area contributed by atoms with Crippen LogP contribution in [0.15, 0.2) is 18.2 Å². The summed E-state index contributed by atoms with van der Waals surface area (Å²) < 4.78 is 10.7. The largest absolute Gasteiger partial charge is 0.484 e. The molecule has 1 aliphatic rings. The van der Waals surface area contributed by atoms with Crippen molar-refractivity contribution in [3.05, 3.63) is 29.3 Å². The molecule has 1 aromatic carbocycles. The van der Waals surface area contributed by atoms with E-state index in [4.69, 9.17) is 9.47 Å². The van der Waals surface area contributed by atoms with Crippen LogP contribution in [0.1, 0.15) is 30.9 Å². The minimum Gasteiger partial charge on any atom is -0.484 e. The summed E-state index contributed by atoms with van der Waals surface area (Å²) in [6.07, 6.45) is 1.60. The van der Waals surface area contributed by atoms with Crippen molar-refractivity contribution in [2.75, 3.05) is 26.3 Å². The highest BCUT2D eigenvalue weighted by Gasteiger charge is 2.29. The predicted octanol–water partition coefficient (Wildman–Crippen LogP) is 2.48. The SMILES string of the molecule is CCOC(=O)[C@H]1CCCN(C(=O)COc2ccc(C)cc2C)C1. The second-order valence-corrected chi connectivity index (χ2v) is 5.99. The maximum absolute atomic E-state index is 12.3. The molecule has 1 heterocycles. The lowest BCUT2D eigenvalue weighted by atomic mass is 9.98. The molecule has 1 atom stereocenters. The Morgan fingerprint density at radius 3 is 2.78 bits per heavy atom. The highest BCUT2D eigenvalue weighted by molar-refractivity contribution is 5.79. The summed E-state index contributed by atoms with van der Waals surface area (Å²) in [5.41, 5.74) is 2.18. The summed E-state index contributed by atoms with van der Waals surface area (Å²) in [5, 5.41) is 0. The Bertz CT molecular complexity index is 570. The molecule has 5 heteroatoms. The van der Waals surface area contributed by atoms with Gasteiger partial charge in [-0.25, -0.2) is 0 Å². The quantitative estimate of drug-likeness (QED) is 0.783. The van der Waals surface area contributed by atoms with Crippen LogP contribution in [0, 0.1) is 19.8 Å². The van der Waals surface area contributed by atoms with E-state index < -0.39 is 0 Å². The van der Waals surface area contributed by atoms with Crippen LogP contribution < -0.4 is 4.74 Å². The minimum atomic E-state index is -0.214. The van der Waals surface area contributed by atoms with Gasteiger partial charge in [0.25, 0.3) is 5.91 Å². The van der Waals surface area contributed by atoms with Crippen LogP contribution in [0.5, 0.6) is 5.75 Å². The maximum atomic E-state index is 12.3. The summed E-state index contributed by atoms with van der Waals surface area (Å²) in [5.74, 6) is 0.218. The molecule has 1 fully saturated rings. The first-order valence-electron chi connectivity index (χ1n) is 8.15. The van der Waals surface area contributed by atoms with E-state index in [2.05, 4.69) is 0 Å². The van der Waals surface area contributed by atoms with Gasteiger partial charge in [0.2, 0.25) is 0 Å². The molecule has 0 spiro atoms. The smallest absolute Gasteiger partial charge is 0.310 e. The molecule has 126 valence electrons. The van der Waals surface area contributed by atoms with Crippen molar-refractivity contribution in [3.63, 3.8) is 0 Å². The first kappa shape index (κ1) is 17.3. The van der Waals surface area contributed by atoms with E-state index in [1.807, 2.05) is 32.0 Å². The second-order valence-electron chi connectivity index (χ2n) is 5.99. The molecule has 1 aliphatic heterocycles. The van der Waals surface area contributed by atoms with Crippen LogP contribution in [0.3, 0.4) is 0 Å². The number of nitrogens with zero attached hydrogens (tertiary/aromatic N) is 1. The number of rotatable bonds is 5. The van der Waals surface area contributed by atoms with E-state index in [0.717, 1.165) is 29.7 Å². The molecule has 0 saturated carbocycles. The highest BCUT2D eigenvalue weighted by atomic mass is 16.5. The Morgan fingerprint density at radius 2 is 2.09 bits per heavy atom. The number of aryl methyl sites for hydroxylation is 2. The van der Waals surface area contributed by atoms with Crippen LogP contribution >= 0.6 is 0 Å². The molecule has 0 bridgehead atoms. The van der Waals surface area contributed by atoms with Crippen molar-refractivity contribution in [1.82, 2.24) is 4.90 Å². The number of carbonyl (C=O) groups excluding carboxylic acids is 2. The number of esters is 1. The number of hydrogen-bond acceptors (Lipinski definition) is 4. The van der Waals surface area contributed by atoms with Gasteiger partial charge in [-0.1, -0.05) is 17.7 Å². The van der Waals surface area contributed by atoms with Crippen LogP contribution in [0.2, 0.25) is 0 Å². The Kier molecular flexibility index (Phi) is 6.02. The highest BCUT2D eigenvalue weighted by Crippen LogP contribution is 2.20. The number of piperidine rings is 1. The van der Waals surface area contributed by atoms with Crippen molar-refractivity contribution < 1.29 is 19.1 Å². The van der Waals surface area contributed by atoms with Gasteiger partial charge in [-0.3, -0.25) is 9.59 Å². The van der Waals surface area contributed by atoms with Gasteiger partial charge in [-0.05, 0) is 45.2 Å². The summed E-state index contributed by atoms with van der Waals surface area (Å²) in [7, 11) is 0. The number of hydrogen-bond donors (Lipinski definition) is 0. The fraction of sp³-hybridized carbons (Fsp3) is 0.556. The molecule has 1 aromatic rings. The second kappa shape index (κ2) is 7.99. The molecule has 2 rings (SSSR count). The van der Waals surface area contributed by atoms with Crippen molar-refractivity contribution in [3.8, 4) is 5.75 Å². The van der Waals surface area contributed by atoms with Gasteiger partial charge < -0.3 is 14.4 Å². The number of amides is 1. The maximum Gasteiger partial charge on any atom is 0.310 e. The average molecular weight is 319 g/mol. The normalized spacial score (nSPS) is 17.7. The zero-order valence-corrected chi connectivity index (χ0v) is 14.1. The molecule has 0 N–H and O–H groups in total. The van der Waals surface area contributed by atoms with E-state index in [-0.39, 0.29) is 24.4 Å². The van der Waals surface area contributed by atoms with Crippen molar-refractivity contribution >= 4 is 11.9 Å². The topological polar surface area (TPSA) is 55.8 Å². The molecule has 5 nitrogen and oxygen atoms in total. The van der Waals surface area contributed by atoms with E-state index in [9.17, 15) is 9.59 Å². The first-order valence-corrected chi connectivity index (χ1v) is 8.15. The van der Waals surface area contributed by atoms with E-state index in [1.54, 1.807) is 11.8 Å². The van der Waals surface area contributed by atoms with E-state index >= 15 is 0 Å². The molecular formula is C18H25NO4. The zero-order valence-electron chi connectivity index (χ0n) is 14.1. The molecule has 0 aliphatic carbocycles. The minimum absolute atomic E-state index is 0.000549. The van der Waals surface area contributed by atoms with Crippen molar-refractivity contribution in [2.45, 2.75) is 33.6 Å². The number of benzene rings is 1. The number of likely N-dealkylation sites (tertiary alicyclic amines) is 1. The van der Waals surface area contributed by atoms with Crippen LogP contribution in [0.4, 0.5) is 0 Å². The summed E-state index contributed by atoms with van der Waals surface area (Å²) in [4.78, 5) is 25.9. The average Bonchev–Trinajstić information content (AvgIpc) is 2.54. The number of carbonyl (C=O) groups is 2.